The first-order valence-electron chi connectivity index (χ1n) is 6.73. The third-order valence-corrected chi connectivity index (χ3v) is 4.48. The van der Waals surface area contributed by atoms with Crippen molar-refractivity contribution in [2.45, 2.75) is 31.8 Å². The van der Waals surface area contributed by atoms with E-state index in [1.807, 2.05) is 11.1 Å². The number of nitrogens with two attached hydrogens (primary N) is 1. The van der Waals surface area contributed by atoms with Crippen molar-refractivity contribution in [1.82, 2.24) is 20.1 Å². The zero-order valence-electron chi connectivity index (χ0n) is 11.1. The van der Waals surface area contributed by atoms with Gasteiger partial charge in [0.15, 0.2) is 0 Å². The Bertz CT molecular complexity index is 579. The number of carbonyl (C=O) groups is 1. The van der Waals surface area contributed by atoms with E-state index in [4.69, 9.17) is 5.73 Å². The predicted octanol–water partition coefficient (Wildman–Crippen LogP) is 1.69. The molecule has 0 radical (unpaired) electrons. The SMILES string of the molecule is NCc1nc(C(=O)N2CCCCC2c2cn[nH]c2)cs1. The van der Waals surface area contributed by atoms with Crippen LogP contribution in [0.15, 0.2) is 17.8 Å². The molecule has 1 saturated heterocycles. The Morgan fingerprint density at radius 2 is 2.45 bits per heavy atom. The van der Waals surface area contributed by atoms with Gasteiger partial charge in [0, 0.05) is 30.2 Å². The molecule has 1 fully saturated rings. The maximum Gasteiger partial charge on any atom is 0.273 e. The molecule has 0 spiro atoms. The molecular formula is C13H17N5OS. The fourth-order valence-electron chi connectivity index (χ4n) is 2.61. The summed E-state index contributed by atoms with van der Waals surface area (Å²) in [5.41, 5.74) is 7.12. The molecule has 0 saturated carbocycles. The summed E-state index contributed by atoms with van der Waals surface area (Å²) in [5.74, 6) is -0.00755. The van der Waals surface area contributed by atoms with Crippen LogP contribution in [0.5, 0.6) is 0 Å². The molecule has 1 amide bonds. The Hall–Kier alpha value is -1.73. The van der Waals surface area contributed by atoms with Crippen LogP contribution in [0.4, 0.5) is 0 Å². The summed E-state index contributed by atoms with van der Waals surface area (Å²) < 4.78 is 0. The van der Waals surface area contributed by atoms with E-state index in [1.54, 1.807) is 11.6 Å². The fraction of sp³-hybridized carbons (Fsp3) is 0.462. The highest BCUT2D eigenvalue weighted by Crippen LogP contribution is 2.31. The number of likely N-dealkylation sites (tertiary alicyclic amines) is 1. The number of nitrogens with zero attached hydrogens (tertiary/aromatic N) is 3. The number of piperidine rings is 1. The molecule has 3 N–H and O–H groups in total. The first kappa shape index (κ1) is 13.3. The van der Waals surface area contributed by atoms with Gasteiger partial charge in [-0.3, -0.25) is 9.89 Å². The third-order valence-electron chi connectivity index (χ3n) is 3.61. The minimum Gasteiger partial charge on any atom is -0.330 e. The zero-order chi connectivity index (χ0) is 13.9. The summed E-state index contributed by atoms with van der Waals surface area (Å²) in [4.78, 5) is 18.8. The maximum absolute atomic E-state index is 12.6. The average molecular weight is 291 g/mol. The van der Waals surface area contributed by atoms with Gasteiger partial charge in [0.1, 0.15) is 10.7 Å². The third kappa shape index (κ3) is 2.46. The molecule has 3 heterocycles. The molecule has 2 aromatic heterocycles. The van der Waals surface area contributed by atoms with Crippen molar-refractivity contribution in [3.63, 3.8) is 0 Å². The van der Waals surface area contributed by atoms with Crippen LogP contribution >= 0.6 is 11.3 Å². The van der Waals surface area contributed by atoms with E-state index in [2.05, 4.69) is 15.2 Å². The van der Waals surface area contributed by atoms with Gasteiger partial charge in [0.05, 0.1) is 12.2 Å². The number of amides is 1. The lowest BCUT2D eigenvalue weighted by Crippen LogP contribution is -2.38. The number of nitrogens with one attached hydrogen (secondary N) is 1. The minimum absolute atomic E-state index is 0.00755. The molecule has 0 aliphatic carbocycles. The van der Waals surface area contributed by atoms with Gasteiger partial charge in [-0.2, -0.15) is 5.10 Å². The van der Waals surface area contributed by atoms with Crippen LogP contribution in [-0.2, 0) is 6.54 Å². The van der Waals surface area contributed by atoms with Crippen molar-refractivity contribution in [3.8, 4) is 0 Å². The summed E-state index contributed by atoms with van der Waals surface area (Å²) >= 11 is 1.44. The highest BCUT2D eigenvalue weighted by molar-refractivity contribution is 7.09. The van der Waals surface area contributed by atoms with Crippen LogP contribution in [-0.4, -0.2) is 32.5 Å². The summed E-state index contributed by atoms with van der Waals surface area (Å²) in [6.07, 6.45) is 6.79. The number of hydrogen-bond acceptors (Lipinski definition) is 5. The lowest BCUT2D eigenvalue weighted by molar-refractivity contribution is 0.0606. The average Bonchev–Trinajstić information content (AvgIpc) is 3.17. The van der Waals surface area contributed by atoms with Gasteiger partial charge < -0.3 is 10.6 Å². The van der Waals surface area contributed by atoms with Gasteiger partial charge in [-0.15, -0.1) is 11.3 Å². The molecule has 20 heavy (non-hydrogen) atoms. The smallest absolute Gasteiger partial charge is 0.273 e. The van der Waals surface area contributed by atoms with Crippen molar-refractivity contribution in [2.75, 3.05) is 6.54 Å². The molecule has 1 atom stereocenters. The summed E-state index contributed by atoms with van der Waals surface area (Å²) in [7, 11) is 0. The van der Waals surface area contributed by atoms with Crippen LogP contribution in [0.3, 0.4) is 0 Å². The van der Waals surface area contributed by atoms with E-state index in [9.17, 15) is 4.79 Å². The monoisotopic (exact) mass is 291 g/mol. The van der Waals surface area contributed by atoms with Crippen LogP contribution in [0.25, 0.3) is 0 Å². The van der Waals surface area contributed by atoms with Crippen molar-refractivity contribution < 1.29 is 4.79 Å². The Labute approximate surface area is 121 Å². The molecule has 2 aromatic rings. The summed E-state index contributed by atoms with van der Waals surface area (Å²) in [6, 6.07) is 0.0954. The summed E-state index contributed by atoms with van der Waals surface area (Å²) in [5, 5.41) is 9.40. The van der Waals surface area contributed by atoms with E-state index < -0.39 is 0 Å². The molecule has 106 valence electrons. The second-order valence-corrected chi connectivity index (χ2v) is 5.82. The van der Waals surface area contributed by atoms with Gasteiger partial charge in [-0.05, 0) is 19.3 Å². The van der Waals surface area contributed by atoms with Crippen LogP contribution < -0.4 is 5.73 Å². The molecule has 6 nitrogen and oxygen atoms in total. The Morgan fingerprint density at radius 1 is 1.55 bits per heavy atom. The molecule has 1 aliphatic rings. The quantitative estimate of drug-likeness (QED) is 0.900. The highest BCUT2D eigenvalue weighted by Gasteiger charge is 2.30. The van der Waals surface area contributed by atoms with Gasteiger partial charge in [0.25, 0.3) is 5.91 Å². The highest BCUT2D eigenvalue weighted by atomic mass is 32.1. The fourth-order valence-corrected chi connectivity index (χ4v) is 3.26. The van der Waals surface area contributed by atoms with Crippen LogP contribution in [0.2, 0.25) is 0 Å². The lowest BCUT2D eigenvalue weighted by atomic mass is 9.97. The number of rotatable bonds is 3. The molecule has 0 aromatic carbocycles. The topological polar surface area (TPSA) is 87.9 Å². The van der Waals surface area contributed by atoms with Crippen LogP contribution in [0.1, 0.15) is 46.4 Å². The number of H-pyrrole nitrogens is 1. The van der Waals surface area contributed by atoms with Gasteiger partial charge in [-0.25, -0.2) is 4.98 Å². The lowest BCUT2D eigenvalue weighted by Gasteiger charge is -2.34. The minimum atomic E-state index is -0.00755. The van der Waals surface area contributed by atoms with E-state index in [0.717, 1.165) is 36.4 Å². The molecule has 0 bridgehead atoms. The Kier molecular flexibility index (Phi) is 3.79. The van der Waals surface area contributed by atoms with Crippen molar-refractivity contribution in [2.24, 2.45) is 5.73 Å². The second kappa shape index (κ2) is 5.72. The number of aromatic amines is 1. The van der Waals surface area contributed by atoms with E-state index >= 15 is 0 Å². The van der Waals surface area contributed by atoms with E-state index in [0.29, 0.717) is 12.2 Å². The van der Waals surface area contributed by atoms with E-state index in [1.165, 1.54) is 11.3 Å². The predicted molar refractivity (Wildman–Crippen MR) is 76.2 cm³/mol. The molecule has 7 heteroatoms. The van der Waals surface area contributed by atoms with Gasteiger partial charge in [0.2, 0.25) is 0 Å². The van der Waals surface area contributed by atoms with Gasteiger partial charge in [-0.1, -0.05) is 0 Å². The molecule has 1 unspecified atom stereocenters. The largest absolute Gasteiger partial charge is 0.330 e. The molecule has 1 aliphatic heterocycles. The standard InChI is InChI=1S/C13H17N5OS/c14-5-12-17-10(8-20-12)13(19)18-4-2-1-3-11(18)9-6-15-16-7-9/h6-8,11H,1-5,14H2,(H,15,16). The van der Waals surface area contributed by atoms with Crippen molar-refractivity contribution in [1.29, 1.82) is 0 Å². The summed E-state index contributed by atoms with van der Waals surface area (Å²) in [6.45, 7) is 1.15. The molecular weight excluding hydrogens is 274 g/mol. The first-order valence-corrected chi connectivity index (χ1v) is 7.61. The maximum atomic E-state index is 12.6. The van der Waals surface area contributed by atoms with Crippen LogP contribution in [0, 0.1) is 0 Å². The normalized spacial score (nSPS) is 19.2. The second-order valence-electron chi connectivity index (χ2n) is 4.87. The molecule has 3 rings (SSSR count). The van der Waals surface area contributed by atoms with Crippen molar-refractivity contribution in [3.05, 3.63) is 34.0 Å². The van der Waals surface area contributed by atoms with Gasteiger partial charge >= 0.3 is 0 Å². The number of hydrogen-bond donors (Lipinski definition) is 2. The number of aromatic nitrogens is 3. The number of thiazole rings is 1. The zero-order valence-corrected chi connectivity index (χ0v) is 11.9. The first-order chi connectivity index (χ1) is 9.79. The Balaban J connectivity index is 1.84. The van der Waals surface area contributed by atoms with E-state index in [-0.39, 0.29) is 11.9 Å². The number of carbonyl (C=O) groups excluding carboxylic acids is 1. The van der Waals surface area contributed by atoms with Crippen molar-refractivity contribution >= 4 is 17.2 Å². The Morgan fingerprint density at radius 3 is 3.15 bits per heavy atom.